The van der Waals surface area contributed by atoms with E-state index in [1.807, 2.05) is 13.0 Å². The number of benzene rings is 2. The predicted molar refractivity (Wildman–Crippen MR) is 119 cm³/mol. The van der Waals surface area contributed by atoms with Crippen LogP contribution in [0.1, 0.15) is 30.0 Å². The Morgan fingerprint density at radius 1 is 1.07 bits per heavy atom. The van der Waals surface area contributed by atoms with Crippen LogP contribution in [0.15, 0.2) is 48.5 Å². The fourth-order valence-corrected chi connectivity index (χ4v) is 3.27. The Kier molecular flexibility index (Phi) is 6.84. The molecule has 1 amide bonds. The lowest BCUT2D eigenvalue weighted by Crippen LogP contribution is -2.23. The quantitative estimate of drug-likeness (QED) is 0.526. The van der Waals surface area contributed by atoms with Gasteiger partial charge in [0.05, 0.1) is 10.6 Å². The van der Waals surface area contributed by atoms with E-state index in [0.29, 0.717) is 17.3 Å². The van der Waals surface area contributed by atoms with E-state index in [-0.39, 0.29) is 10.6 Å². The predicted octanol–water partition coefficient (Wildman–Crippen LogP) is 5.42. The first-order valence-electron chi connectivity index (χ1n) is 9.64. The zero-order valence-corrected chi connectivity index (χ0v) is 17.8. The molecule has 0 bridgehead atoms. The molecule has 0 saturated carbocycles. The third-order valence-electron chi connectivity index (χ3n) is 4.52. The number of hydrogen-bond acceptors (Lipinski definition) is 5. The van der Waals surface area contributed by atoms with Crippen LogP contribution < -0.4 is 15.5 Å². The van der Waals surface area contributed by atoms with Gasteiger partial charge in [-0.15, -0.1) is 0 Å². The van der Waals surface area contributed by atoms with Crippen molar-refractivity contribution in [2.75, 3.05) is 28.6 Å². The van der Waals surface area contributed by atoms with Crippen LogP contribution >= 0.6 is 11.6 Å². The lowest BCUT2D eigenvalue weighted by Gasteiger charge is -2.20. The highest BCUT2D eigenvalue weighted by Gasteiger charge is 2.16. The summed E-state index contributed by atoms with van der Waals surface area (Å²) in [6.45, 7) is 7.72. The third-order valence-corrected chi connectivity index (χ3v) is 4.83. The molecule has 3 rings (SSSR count). The molecule has 2 N–H and O–H groups in total. The second-order valence-corrected chi connectivity index (χ2v) is 6.99. The van der Waals surface area contributed by atoms with Gasteiger partial charge < -0.3 is 15.5 Å². The molecular weight excluding hydrogens is 405 g/mol. The molecule has 1 aromatic heterocycles. The summed E-state index contributed by atoms with van der Waals surface area (Å²) in [5.41, 5.74) is 1.13. The minimum Gasteiger partial charge on any atom is -0.357 e. The molecule has 3 aromatic rings. The zero-order valence-electron chi connectivity index (χ0n) is 17.0. The molecule has 6 nitrogen and oxygen atoms in total. The van der Waals surface area contributed by atoms with Gasteiger partial charge in [0.15, 0.2) is 0 Å². The van der Waals surface area contributed by atoms with Crippen LogP contribution in [0.2, 0.25) is 5.02 Å². The first-order chi connectivity index (χ1) is 14.4. The number of rotatable bonds is 7. The van der Waals surface area contributed by atoms with E-state index >= 15 is 0 Å². The number of nitrogens with zero attached hydrogens (tertiary/aromatic N) is 3. The minimum absolute atomic E-state index is 0.0638. The van der Waals surface area contributed by atoms with Crippen LogP contribution in [0.3, 0.4) is 0 Å². The van der Waals surface area contributed by atoms with Crippen LogP contribution in [-0.4, -0.2) is 29.0 Å². The monoisotopic (exact) mass is 427 g/mol. The van der Waals surface area contributed by atoms with Crippen molar-refractivity contribution in [3.63, 3.8) is 0 Å². The van der Waals surface area contributed by atoms with E-state index in [1.165, 1.54) is 18.2 Å². The van der Waals surface area contributed by atoms with Crippen molar-refractivity contribution in [3.05, 3.63) is 70.8 Å². The van der Waals surface area contributed by atoms with Crippen molar-refractivity contribution >= 4 is 40.5 Å². The Hall–Kier alpha value is -3.19. The van der Waals surface area contributed by atoms with Crippen molar-refractivity contribution in [2.45, 2.75) is 20.8 Å². The number of aryl methyl sites for hydroxylation is 1. The maximum atomic E-state index is 13.9. The standard InChI is InChI=1S/C22H23ClFN5O/c1-4-29(5-2)20-13-19(25-14(3)26-20)27-15-9-11-16(12-10-15)28-22(30)21-17(23)7-6-8-18(21)24/h6-13H,4-5H2,1-3H3,(H,28,30)(H,25,26,27). The first-order valence-corrected chi connectivity index (χ1v) is 10.0. The summed E-state index contributed by atoms with van der Waals surface area (Å²) in [4.78, 5) is 23.4. The van der Waals surface area contributed by atoms with Crippen LogP contribution in [0, 0.1) is 12.7 Å². The molecule has 0 saturated heterocycles. The minimum atomic E-state index is -0.665. The fourth-order valence-electron chi connectivity index (χ4n) is 3.02. The summed E-state index contributed by atoms with van der Waals surface area (Å²) in [6, 6.07) is 13.1. The molecule has 0 unspecified atom stereocenters. The number of aromatic nitrogens is 2. The molecule has 0 aliphatic carbocycles. The van der Waals surface area contributed by atoms with Crippen LogP contribution in [0.5, 0.6) is 0 Å². The topological polar surface area (TPSA) is 70.2 Å². The van der Waals surface area contributed by atoms with E-state index in [1.54, 1.807) is 24.3 Å². The molecule has 8 heteroatoms. The van der Waals surface area contributed by atoms with Crippen LogP contribution in [0.25, 0.3) is 0 Å². The maximum absolute atomic E-state index is 13.9. The molecule has 0 radical (unpaired) electrons. The van der Waals surface area contributed by atoms with Crippen molar-refractivity contribution < 1.29 is 9.18 Å². The average molecular weight is 428 g/mol. The largest absolute Gasteiger partial charge is 0.357 e. The summed E-state index contributed by atoms with van der Waals surface area (Å²) in [5, 5.41) is 5.97. The molecular formula is C22H23ClFN5O. The number of amides is 1. The number of carbonyl (C=O) groups excluding carboxylic acids is 1. The zero-order chi connectivity index (χ0) is 21.7. The smallest absolute Gasteiger partial charge is 0.260 e. The molecule has 0 aliphatic rings. The van der Waals surface area contributed by atoms with Crippen molar-refractivity contribution in [3.8, 4) is 0 Å². The molecule has 156 valence electrons. The number of hydrogen-bond donors (Lipinski definition) is 2. The Morgan fingerprint density at radius 3 is 2.37 bits per heavy atom. The van der Waals surface area contributed by atoms with Gasteiger partial charge in [-0.05, 0) is 57.2 Å². The molecule has 2 aromatic carbocycles. The Labute approximate surface area is 180 Å². The van der Waals surface area contributed by atoms with Crippen molar-refractivity contribution in [1.29, 1.82) is 0 Å². The van der Waals surface area contributed by atoms with Gasteiger partial charge in [-0.2, -0.15) is 0 Å². The maximum Gasteiger partial charge on any atom is 0.260 e. The Balaban J connectivity index is 1.73. The van der Waals surface area contributed by atoms with Crippen molar-refractivity contribution in [1.82, 2.24) is 9.97 Å². The van der Waals surface area contributed by atoms with E-state index in [4.69, 9.17) is 11.6 Å². The van der Waals surface area contributed by atoms with Gasteiger partial charge in [0.2, 0.25) is 0 Å². The van der Waals surface area contributed by atoms with E-state index < -0.39 is 11.7 Å². The fraction of sp³-hybridized carbons (Fsp3) is 0.227. The summed E-state index contributed by atoms with van der Waals surface area (Å²) in [6.07, 6.45) is 0. The number of nitrogens with one attached hydrogen (secondary N) is 2. The van der Waals surface area contributed by atoms with Gasteiger partial charge in [-0.25, -0.2) is 14.4 Å². The van der Waals surface area contributed by atoms with Gasteiger partial charge in [-0.1, -0.05) is 17.7 Å². The molecule has 30 heavy (non-hydrogen) atoms. The second kappa shape index (κ2) is 9.54. The number of halogens is 2. The van der Waals surface area contributed by atoms with Gasteiger partial charge in [0.1, 0.15) is 23.3 Å². The molecule has 0 spiro atoms. The highest BCUT2D eigenvalue weighted by molar-refractivity contribution is 6.34. The Bertz CT molecular complexity index is 1020. The van der Waals surface area contributed by atoms with Gasteiger partial charge in [-0.3, -0.25) is 4.79 Å². The van der Waals surface area contributed by atoms with Crippen LogP contribution in [0.4, 0.5) is 27.4 Å². The highest BCUT2D eigenvalue weighted by Crippen LogP contribution is 2.23. The SMILES string of the molecule is CCN(CC)c1cc(Nc2ccc(NC(=O)c3c(F)cccc3Cl)cc2)nc(C)n1. The second-order valence-electron chi connectivity index (χ2n) is 6.58. The molecule has 0 aliphatic heterocycles. The summed E-state index contributed by atoms with van der Waals surface area (Å²) >= 11 is 5.95. The molecule has 0 atom stereocenters. The van der Waals surface area contributed by atoms with E-state index in [0.717, 1.165) is 24.6 Å². The summed E-state index contributed by atoms with van der Waals surface area (Å²) in [7, 11) is 0. The normalized spacial score (nSPS) is 10.6. The Morgan fingerprint density at radius 2 is 1.73 bits per heavy atom. The highest BCUT2D eigenvalue weighted by atomic mass is 35.5. The molecule has 1 heterocycles. The lowest BCUT2D eigenvalue weighted by molar-refractivity contribution is 0.102. The van der Waals surface area contributed by atoms with E-state index in [2.05, 4.69) is 39.3 Å². The van der Waals surface area contributed by atoms with Gasteiger partial charge in [0.25, 0.3) is 5.91 Å². The summed E-state index contributed by atoms with van der Waals surface area (Å²) in [5.74, 6) is 0.947. The summed E-state index contributed by atoms with van der Waals surface area (Å²) < 4.78 is 13.9. The van der Waals surface area contributed by atoms with Crippen LogP contribution in [-0.2, 0) is 0 Å². The van der Waals surface area contributed by atoms with Crippen molar-refractivity contribution in [2.24, 2.45) is 0 Å². The average Bonchev–Trinajstić information content (AvgIpc) is 2.70. The van der Waals surface area contributed by atoms with E-state index in [9.17, 15) is 9.18 Å². The molecule has 0 fully saturated rings. The lowest BCUT2D eigenvalue weighted by atomic mass is 10.2. The first kappa shape index (κ1) is 21.5. The number of anilines is 4. The number of carbonyl (C=O) groups is 1. The van der Waals surface area contributed by atoms with Gasteiger partial charge in [0, 0.05) is 30.5 Å². The van der Waals surface area contributed by atoms with Gasteiger partial charge >= 0.3 is 0 Å². The third kappa shape index (κ3) is 5.04.